The summed E-state index contributed by atoms with van der Waals surface area (Å²) >= 11 is 0. The maximum atomic E-state index is 13.6. The molecule has 0 radical (unpaired) electrons. The molecule has 1 N–H and O–H groups in total. The molecule has 8 nitrogen and oxygen atoms in total. The molecule has 1 saturated heterocycles. The molecule has 3 aromatic carbocycles. The highest BCUT2D eigenvalue weighted by atomic mass is 32.2. The second-order valence-corrected chi connectivity index (χ2v) is 10.5. The van der Waals surface area contributed by atoms with Gasteiger partial charge >= 0.3 is 0 Å². The summed E-state index contributed by atoms with van der Waals surface area (Å²) in [5, 5.41) is 2.75. The van der Waals surface area contributed by atoms with E-state index in [9.17, 15) is 18.0 Å². The monoisotopic (exact) mass is 507 g/mol. The van der Waals surface area contributed by atoms with Gasteiger partial charge in [-0.2, -0.15) is 0 Å². The topological polar surface area (TPSA) is 96.0 Å². The molecule has 4 rings (SSSR count). The highest BCUT2D eigenvalue weighted by molar-refractivity contribution is 7.92. The van der Waals surface area contributed by atoms with Gasteiger partial charge in [-0.3, -0.25) is 13.9 Å². The number of aryl methyl sites for hydroxylation is 2. The van der Waals surface area contributed by atoms with E-state index in [1.54, 1.807) is 59.5 Å². The van der Waals surface area contributed by atoms with E-state index in [-0.39, 0.29) is 10.8 Å². The third-order valence-corrected chi connectivity index (χ3v) is 7.70. The van der Waals surface area contributed by atoms with Gasteiger partial charge in [0, 0.05) is 13.1 Å². The fourth-order valence-corrected chi connectivity index (χ4v) is 5.38. The molecule has 1 fully saturated rings. The number of carbonyl (C=O) groups is 2. The van der Waals surface area contributed by atoms with Crippen LogP contribution in [-0.4, -0.2) is 58.0 Å². The third-order valence-electron chi connectivity index (χ3n) is 5.92. The van der Waals surface area contributed by atoms with Crippen LogP contribution in [-0.2, 0) is 19.6 Å². The lowest BCUT2D eigenvalue weighted by atomic mass is 10.1. The van der Waals surface area contributed by atoms with Crippen molar-refractivity contribution in [2.75, 3.05) is 42.5 Å². The van der Waals surface area contributed by atoms with Crippen LogP contribution in [0.25, 0.3) is 0 Å². The van der Waals surface area contributed by atoms with Crippen LogP contribution in [0.1, 0.15) is 21.5 Å². The van der Waals surface area contributed by atoms with Crippen molar-refractivity contribution >= 4 is 33.2 Å². The summed E-state index contributed by atoms with van der Waals surface area (Å²) < 4.78 is 33.6. The number of ether oxygens (including phenoxy) is 1. The molecule has 0 spiro atoms. The number of hydrogen-bond acceptors (Lipinski definition) is 5. The van der Waals surface area contributed by atoms with E-state index in [1.807, 2.05) is 19.9 Å². The van der Waals surface area contributed by atoms with Gasteiger partial charge in [-0.05, 0) is 55.8 Å². The van der Waals surface area contributed by atoms with Crippen molar-refractivity contribution < 1.29 is 22.7 Å². The van der Waals surface area contributed by atoms with Gasteiger partial charge in [0.15, 0.2) is 0 Å². The molecule has 0 aromatic heterocycles. The van der Waals surface area contributed by atoms with Crippen LogP contribution in [0.3, 0.4) is 0 Å². The van der Waals surface area contributed by atoms with Gasteiger partial charge in [-0.15, -0.1) is 0 Å². The summed E-state index contributed by atoms with van der Waals surface area (Å²) in [4.78, 5) is 28.0. The maximum absolute atomic E-state index is 13.6. The van der Waals surface area contributed by atoms with Crippen LogP contribution in [0.2, 0.25) is 0 Å². The molecule has 1 heterocycles. The number of nitrogens with zero attached hydrogens (tertiary/aromatic N) is 2. The predicted octanol–water partition coefficient (Wildman–Crippen LogP) is 3.61. The van der Waals surface area contributed by atoms with Gasteiger partial charge < -0.3 is 15.0 Å². The first-order chi connectivity index (χ1) is 17.3. The van der Waals surface area contributed by atoms with E-state index < -0.39 is 22.5 Å². The average molecular weight is 508 g/mol. The molecule has 2 amide bonds. The van der Waals surface area contributed by atoms with Gasteiger partial charge in [0.1, 0.15) is 6.54 Å². The van der Waals surface area contributed by atoms with Crippen LogP contribution >= 0.6 is 0 Å². The quantitative estimate of drug-likeness (QED) is 0.527. The van der Waals surface area contributed by atoms with Crippen molar-refractivity contribution in [1.82, 2.24) is 4.90 Å². The Labute approximate surface area is 211 Å². The van der Waals surface area contributed by atoms with Gasteiger partial charge in [-0.1, -0.05) is 42.0 Å². The zero-order chi connectivity index (χ0) is 25.7. The molecule has 188 valence electrons. The standard InChI is InChI=1S/C27H29N3O5S/c1-20-10-12-23(13-11-20)36(33,34)30(22-7-5-6-21(2)18-22)19-26(31)28-25-9-4-3-8-24(25)27(32)29-14-16-35-17-15-29/h3-13,18H,14-17,19H2,1-2H3,(H,28,31). The lowest BCUT2D eigenvalue weighted by molar-refractivity contribution is -0.114. The number of carbonyl (C=O) groups excluding carboxylic acids is 2. The maximum Gasteiger partial charge on any atom is 0.264 e. The van der Waals surface area contributed by atoms with Crippen molar-refractivity contribution in [2.45, 2.75) is 18.7 Å². The SMILES string of the molecule is Cc1ccc(S(=O)(=O)N(CC(=O)Nc2ccccc2C(=O)N2CCOCC2)c2cccc(C)c2)cc1. The summed E-state index contributed by atoms with van der Waals surface area (Å²) in [7, 11) is -4.04. The lowest BCUT2D eigenvalue weighted by Gasteiger charge is -2.28. The largest absolute Gasteiger partial charge is 0.378 e. The van der Waals surface area contributed by atoms with Crippen molar-refractivity contribution in [3.05, 3.63) is 89.5 Å². The molecular weight excluding hydrogens is 478 g/mol. The fourth-order valence-electron chi connectivity index (χ4n) is 3.97. The van der Waals surface area contributed by atoms with Crippen LogP contribution in [0.4, 0.5) is 11.4 Å². The third kappa shape index (κ3) is 5.75. The minimum Gasteiger partial charge on any atom is -0.378 e. The fraction of sp³-hybridized carbons (Fsp3) is 0.259. The molecule has 1 aliphatic heterocycles. The summed E-state index contributed by atoms with van der Waals surface area (Å²) in [5.74, 6) is -0.772. The predicted molar refractivity (Wildman–Crippen MR) is 139 cm³/mol. The van der Waals surface area contributed by atoms with Crippen molar-refractivity contribution in [3.8, 4) is 0 Å². The number of anilines is 2. The molecule has 1 aliphatic rings. The van der Waals surface area contributed by atoms with Crippen LogP contribution in [0, 0.1) is 13.8 Å². The molecule has 0 unspecified atom stereocenters. The number of morpholine rings is 1. The number of nitrogens with one attached hydrogen (secondary N) is 1. The minimum absolute atomic E-state index is 0.0882. The molecule has 36 heavy (non-hydrogen) atoms. The van der Waals surface area contributed by atoms with Gasteiger partial charge in [0.25, 0.3) is 15.9 Å². The number of hydrogen-bond donors (Lipinski definition) is 1. The van der Waals surface area contributed by atoms with Crippen LogP contribution in [0.5, 0.6) is 0 Å². The molecule has 3 aromatic rings. The molecule has 0 atom stereocenters. The molecule has 0 aliphatic carbocycles. The Bertz CT molecular complexity index is 1350. The second-order valence-electron chi connectivity index (χ2n) is 8.66. The number of sulfonamides is 1. The average Bonchev–Trinajstić information content (AvgIpc) is 2.88. The molecular formula is C27H29N3O5S. The molecule has 0 saturated carbocycles. The van der Waals surface area contributed by atoms with Crippen LogP contribution in [0.15, 0.2) is 77.7 Å². The Morgan fingerprint density at radius 3 is 2.31 bits per heavy atom. The summed E-state index contributed by atoms with van der Waals surface area (Å²) in [6, 6.07) is 20.2. The summed E-state index contributed by atoms with van der Waals surface area (Å²) in [6.45, 7) is 5.13. The number of amides is 2. The van der Waals surface area contributed by atoms with E-state index in [4.69, 9.17) is 4.74 Å². The van der Waals surface area contributed by atoms with Gasteiger partial charge in [-0.25, -0.2) is 8.42 Å². The van der Waals surface area contributed by atoms with Gasteiger partial charge in [0.05, 0.1) is 35.0 Å². The lowest BCUT2D eigenvalue weighted by Crippen LogP contribution is -2.41. The zero-order valence-corrected chi connectivity index (χ0v) is 21.1. The zero-order valence-electron chi connectivity index (χ0n) is 20.3. The Morgan fingerprint density at radius 2 is 1.61 bits per heavy atom. The first kappa shape index (κ1) is 25.4. The Kier molecular flexibility index (Phi) is 7.71. The summed E-state index contributed by atoms with van der Waals surface area (Å²) in [5.41, 5.74) is 2.84. The number of para-hydroxylation sites is 1. The smallest absolute Gasteiger partial charge is 0.264 e. The van der Waals surface area contributed by atoms with E-state index >= 15 is 0 Å². The Balaban J connectivity index is 1.61. The second kappa shape index (κ2) is 10.9. The Morgan fingerprint density at radius 1 is 0.917 bits per heavy atom. The number of benzene rings is 3. The Hall–Kier alpha value is -3.69. The number of rotatable bonds is 7. The van der Waals surface area contributed by atoms with Crippen molar-refractivity contribution in [3.63, 3.8) is 0 Å². The van der Waals surface area contributed by atoms with Crippen molar-refractivity contribution in [1.29, 1.82) is 0 Å². The highest BCUT2D eigenvalue weighted by Gasteiger charge is 2.28. The van der Waals surface area contributed by atoms with E-state index in [2.05, 4.69) is 5.32 Å². The van der Waals surface area contributed by atoms with Crippen LogP contribution < -0.4 is 9.62 Å². The van der Waals surface area contributed by atoms with E-state index in [0.717, 1.165) is 15.4 Å². The van der Waals surface area contributed by atoms with Crippen molar-refractivity contribution in [2.24, 2.45) is 0 Å². The highest BCUT2D eigenvalue weighted by Crippen LogP contribution is 2.25. The molecule has 0 bridgehead atoms. The minimum atomic E-state index is -4.04. The molecule has 9 heteroatoms. The summed E-state index contributed by atoms with van der Waals surface area (Å²) in [6.07, 6.45) is 0. The normalized spacial score (nSPS) is 13.8. The van der Waals surface area contributed by atoms with E-state index in [1.165, 1.54) is 12.1 Å². The van der Waals surface area contributed by atoms with Gasteiger partial charge in [0.2, 0.25) is 5.91 Å². The first-order valence-electron chi connectivity index (χ1n) is 11.7. The first-order valence-corrected chi connectivity index (χ1v) is 13.1. The van der Waals surface area contributed by atoms with E-state index in [0.29, 0.717) is 43.2 Å².